The topological polar surface area (TPSA) is 74.6 Å². The molecule has 0 bridgehead atoms. The number of allylic oxidation sites excluding steroid dienone is 8. The highest BCUT2D eigenvalue weighted by Crippen LogP contribution is 2.71. The van der Waals surface area contributed by atoms with Crippen molar-refractivity contribution in [1.29, 1.82) is 0 Å². The summed E-state index contributed by atoms with van der Waals surface area (Å²) in [6, 6.07) is 0. The van der Waals surface area contributed by atoms with Crippen molar-refractivity contribution >= 4 is 11.6 Å². The fraction of sp³-hybridized carbons (Fsp3) is 0.517. The van der Waals surface area contributed by atoms with Gasteiger partial charge in [-0.3, -0.25) is 9.59 Å². The average molecular weight is 445 g/mol. The summed E-state index contributed by atoms with van der Waals surface area (Å²) in [5, 5.41) is 22.7. The van der Waals surface area contributed by atoms with Gasteiger partial charge in [0.2, 0.25) is 0 Å². The van der Waals surface area contributed by atoms with Gasteiger partial charge in [0.05, 0.1) is 0 Å². The highest BCUT2D eigenvalue weighted by molar-refractivity contribution is 6.11. The third-order valence-corrected chi connectivity index (χ3v) is 10.1. The summed E-state index contributed by atoms with van der Waals surface area (Å²) in [7, 11) is 0. The van der Waals surface area contributed by atoms with Gasteiger partial charge < -0.3 is 10.2 Å². The third kappa shape index (κ3) is 2.20. The molecule has 0 heterocycles. The molecule has 2 spiro atoms. The Morgan fingerprint density at radius 2 is 1.52 bits per heavy atom. The predicted molar refractivity (Wildman–Crippen MR) is 126 cm³/mol. The van der Waals surface area contributed by atoms with Crippen LogP contribution in [0, 0.1) is 16.7 Å². The molecule has 0 radical (unpaired) electrons. The van der Waals surface area contributed by atoms with Gasteiger partial charge in [-0.25, -0.2) is 0 Å². The number of carbonyl (C=O) groups excluding carboxylic acids is 2. The lowest BCUT2D eigenvalue weighted by molar-refractivity contribution is -0.138. The van der Waals surface area contributed by atoms with Crippen LogP contribution in [0.4, 0.5) is 0 Å². The summed E-state index contributed by atoms with van der Waals surface area (Å²) in [5.41, 5.74) is 4.98. The van der Waals surface area contributed by atoms with E-state index in [1.807, 2.05) is 26.0 Å². The minimum absolute atomic E-state index is 0.130. The first kappa shape index (κ1) is 21.2. The van der Waals surface area contributed by atoms with E-state index in [4.69, 9.17) is 0 Å². The standard InChI is InChI=1S/C29H32O4/c1-14-9-20-16(3)29(27(6,33)24(30)21(20)10-14)13-18(29)12-19-15(2)11-22-23(19)17(4)28(7-8-28)26(5,32)25(22)31/h9-11,18,32-33H,7-8,12-13H2,1-6H3/t18?,26-,27-,29?/m0/s1. The predicted octanol–water partition coefficient (Wildman–Crippen LogP) is 4.61. The number of carbonyl (C=O) groups is 2. The van der Waals surface area contributed by atoms with Crippen molar-refractivity contribution in [1.82, 2.24) is 0 Å². The van der Waals surface area contributed by atoms with E-state index in [0.717, 1.165) is 64.7 Å². The molecule has 0 saturated heterocycles. The Morgan fingerprint density at radius 1 is 0.879 bits per heavy atom. The van der Waals surface area contributed by atoms with Gasteiger partial charge >= 0.3 is 0 Å². The van der Waals surface area contributed by atoms with E-state index in [1.165, 1.54) is 0 Å². The van der Waals surface area contributed by atoms with Gasteiger partial charge in [0.1, 0.15) is 11.2 Å². The van der Waals surface area contributed by atoms with Crippen LogP contribution in [0.25, 0.3) is 0 Å². The largest absolute Gasteiger partial charge is 0.381 e. The molecule has 33 heavy (non-hydrogen) atoms. The summed E-state index contributed by atoms with van der Waals surface area (Å²) in [6.07, 6.45) is 9.06. The van der Waals surface area contributed by atoms with Crippen molar-refractivity contribution in [3.05, 3.63) is 68.4 Å². The lowest BCUT2D eigenvalue weighted by Gasteiger charge is -2.40. The number of aliphatic hydroxyl groups is 2. The fourth-order valence-electron chi connectivity index (χ4n) is 7.78. The molecule has 0 aromatic heterocycles. The molecule has 0 aromatic rings. The molecule has 4 atom stereocenters. The fourth-order valence-corrected chi connectivity index (χ4v) is 7.78. The number of fused-ring (bicyclic) bond motifs is 2. The Balaban J connectivity index is 1.41. The minimum atomic E-state index is -1.44. The highest BCUT2D eigenvalue weighted by atomic mass is 16.3. The van der Waals surface area contributed by atoms with Crippen LogP contribution in [0.3, 0.4) is 0 Å². The van der Waals surface area contributed by atoms with Crippen LogP contribution >= 0.6 is 0 Å². The maximum atomic E-state index is 13.3. The van der Waals surface area contributed by atoms with E-state index in [2.05, 4.69) is 19.9 Å². The first-order valence-electron chi connectivity index (χ1n) is 12.1. The van der Waals surface area contributed by atoms with Crippen molar-refractivity contribution in [3.8, 4) is 0 Å². The SMILES string of the molecule is CC1=CC2=C(C)C3(CC3CC3=C(C)C=C4C(=O)[C@](C)(O)C5(CC5)C(C)=C43)[C@@](C)(O)C(=O)C2=C1. The van der Waals surface area contributed by atoms with Crippen LogP contribution in [0.15, 0.2) is 68.4 Å². The van der Waals surface area contributed by atoms with Crippen LogP contribution < -0.4 is 0 Å². The molecule has 0 amide bonds. The molecule has 6 aliphatic carbocycles. The van der Waals surface area contributed by atoms with Crippen LogP contribution in [-0.4, -0.2) is 33.0 Å². The molecular formula is C29H32O4. The van der Waals surface area contributed by atoms with E-state index in [0.29, 0.717) is 11.1 Å². The van der Waals surface area contributed by atoms with Crippen molar-refractivity contribution in [2.45, 2.75) is 78.4 Å². The number of hydrogen-bond acceptors (Lipinski definition) is 4. The van der Waals surface area contributed by atoms with Gasteiger partial charge in [-0.15, -0.1) is 0 Å². The Bertz CT molecular complexity index is 1280. The molecule has 2 N–H and O–H groups in total. The zero-order valence-electron chi connectivity index (χ0n) is 20.3. The molecule has 6 rings (SSSR count). The van der Waals surface area contributed by atoms with Crippen molar-refractivity contribution in [2.24, 2.45) is 16.7 Å². The average Bonchev–Trinajstić information content (AvgIpc) is 3.62. The lowest BCUT2D eigenvalue weighted by atomic mass is 9.65. The van der Waals surface area contributed by atoms with Crippen LogP contribution in [0.2, 0.25) is 0 Å². The van der Waals surface area contributed by atoms with E-state index >= 15 is 0 Å². The minimum Gasteiger partial charge on any atom is -0.381 e. The van der Waals surface area contributed by atoms with Crippen molar-refractivity contribution in [3.63, 3.8) is 0 Å². The number of rotatable bonds is 2. The third-order valence-electron chi connectivity index (χ3n) is 10.1. The van der Waals surface area contributed by atoms with Gasteiger partial charge in [-0.1, -0.05) is 17.2 Å². The molecule has 172 valence electrons. The number of ketones is 2. The van der Waals surface area contributed by atoms with E-state index < -0.39 is 22.0 Å². The lowest BCUT2D eigenvalue weighted by Crippen LogP contribution is -2.50. The summed E-state index contributed by atoms with van der Waals surface area (Å²) in [5.74, 6) is -0.212. The normalized spacial score (nSPS) is 40.5. The zero-order valence-corrected chi connectivity index (χ0v) is 20.3. The highest BCUT2D eigenvalue weighted by Gasteiger charge is 2.71. The van der Waals surface area contributed by atoms with Gasteiger partial charge in [0.25, 0.3) is 0 Å². The smallest absolute Gasteiger partial charge is 0.195 e. The quantitative estimate of drug-likeness (QED) is 0.652. The van der Waals surface area contributed by atoms with Crippen molar-refractivity contribution < 1.29 is 19.8 Å². The number of hydrogen-bond donors (Lipinski definition) is 2. The van der Waals surface area contributed by atoms with Crippen LogP contribution in [-0.2, 0) is 9.59 Å². The second-order valence-corrected chi connectivity index (χ2v) is 11.7. The first-order chi connectivity index (χ1) is 15.3. The Labute approximate surface area is 195 Å². The molecule has 6 aliphatic rings. The van der Waals surface area contributed by atoms with Crippen LogP contribution in [0.5, 0.6) is 0 Å². The molecule has 2 unspecified atom stereocenters. The number of Topliss-reactive ketones (excluding diaryl/α,β-unsaturated/α-hetero) is 2. The molecule has 4 heteroatoms. The molecular weight excluding hydrogens is 412 g/mol. The van der Waals surface area contributed by atoms with Gasteiger partial charge in [0.15, 0.2) is 11.6 Å². The van der Waals surface area contributed by atoms with E-state index in [9.17, 15) is 19.8 Å². The molecule has 0 aromatic carbocycles. The van der Waals surface area contributed by atoms with Gasteiger partial charge in [-0.05, 0) is 113 Å². The Hall–Kier alpha value is -2.30. The molecule has 0 aliphatic heterocycles. The van der Waals surface area contributed by atoms with Gasteiger partial charge in [0, 0.05) is 22.0 Å². The molecule has 2 saturated carbocycles. The molecule has 2 fully saturated rings. The summed E-state index contributed by atoms with van der Waals surface area (Å²) >= 11 is 0. The monoisotopic (exact) mass is 444 g/mol. The Morgan fingerprint density at radius 3 is 2.15 bits per heavy atom. The second kappa shape index (κ2) is 5.84. The van der Waals surface area contributed by atoms with Gasteiger partial charge in [-0.2, -0.15) is 0 Å². The van der Waals surface area contributed by atoms with E-state index in [1.54, 1.807) is 13.8 Å². The first-order valence-corrected chi connectivity index (χ1v) is 12.1. The van der Waals surface area contributed by atoms with E-state index in [-0.39, 0.29) is 17.5 Å². The zero-order chi connectivity index (χ0) is 23.9. The van der Waals surface area contributed by atoms with Crippen molar-refractivity contribution in [2.75, 3.05) is 0 Å². The maximum absolute atomic E-state index is 13.3. The summed E-state index contributed by atoms with van der Waals surface area (Å²) in [6.45, 7) is 11.5. The summed E-state index contributed by atoms with van der Waals surface area (Å²) in [4.78, 5) is 26.6. The summed E-state index contributed by atoms with van der Waals surface area (Å²) < 4.78 is 0. The Kier molecular flexibility index (Phi) is 3.76. The second-order valence-electron chi connectivity index (χ2n) is 11.7. The maximum Gasteiger partial charge on any atom is 0.195 e. The molecule has 4 nitrogen and oxygen atoms in total. The van der Waals surface area contributed by atoms with Crippen LogP contribution in [0.1, 0.15) is 67.2 Å².